The lowest BCUT2D eigenvalue weighted by molar-refractivity contribution is 0.341. The molecule has 0 atom stereocenters. The van der Waals surface area contributed by atoms with Crippen molar-refractivity contribution in [2.24, 2.45) is 0 Å². The lowest BCUT2D eigenvalue weighted by atomic mass is 10.1. The van der Waals surface area contributed by atoms with Gasteiger partial charge in [0.05, 0.1) is 6.61 Å². The summed E-state index contributed by atoms with van der Waals surface area (Å²) in [4.78, 5) is 2.22. The molecule has 2 heteroatoms. The molecule has 0 spiro atoms. The van der Waals surface area contributed by atoms with E-state index in [4.69, 9.17) is 5.11 Å². The molecule has 0 unspecified atom stereocenters. The Bertz CT molecular complexity index is 229. The van der Waals surface area contributed by atoms with Gasteiger partial charge in [0.2, 0.25) is 0 Å². The van der Waals surface area contributed by atoms with E-state index in [0.717, 1.165) is 19.4 Å². The molecule has 0 saturated heterocycles. The van der Waals surface area contributed by atoms with Crippen LogP contribution in [0.3, 0.4) is 0 Å². The monoisotopic (exact) mass is 225 g/mol. The normalized spacial score (nSPS) is 13.6. The largest absolute Gasteiger partial charge is 0.392 e. The van der Waals surface area contributed by atoms with Gasteiger partial charge in [-0.2, -0.15) is 0 Å². The highest BCUT2D eigenvalue weighted by Crippen LogP contribution is 2.10. The van der Waals surface area contributed by atoms with Crippen molar-refractivity contribution in [2.45, 2.75) is 39.5 Å². The zero-order chi connectivity index (χ0) is 12.4. The lowest BCUT2D eigenvalue weighted by Gasteiger charge is -2.08. The van der Waals surface area contributed by atoms with Gasteiger partial charge in [-0.25, -0.2) is 0 Å². The number of aliphatic hydroxyl groups excluding tert-OH is 1. The Hall–Kier alpha value is -0.600. The standard InChI is InChI=1S/C14H27NO/c1-13(9-6-11-15(3)4)7-5-8-14(2)10-12-16/h7,10,16H,5-6,8-9,11-12H2,1-4H3/b13-7?,14-10+. The molecule has 0 aromatic heterocycles. The molecule has 0 aromatic carbocycles. The van der Waals surface area contributed by atoms with Crippen molar-refractivity contribution in [3.63, 3.8) is 0 Å². The SMILES string of the molecule is CC(=CCC/C(C)=C/CO)CCCN(C)C. The van der Waals surface area contributed by atoms with Gasteiger partial charge in [0, 0.05) is 0 Å². The maximum Gasteiger partial charge on any atom is 0.0614 e. The average Bonchev–Trinajstić information content (AvgIpc) is 2.17. The van der Waals surface area contributed by atoms with Gasteiger partial charge in [-0.15, -0.1) is 0 Å². The summed E-state index contributed by atoms with van der Waals surface area (Å²) >= 11 is 0. The first-order valence-electron chi connectivity index (χ1n) is 6.13. The Morgan fingerprint density at radius 1 is 1.06 bits per heavy atom. The highest BCUT2D eigenvalue weighted by Gasteiger charge is 1.93. The number of nitrogens with zero attached hydrogens (tertiary/aromatic N) is 1. The van der Waals surface area contributed by atoms with Gasteiger partial charge >= 0.3 is 0 Å². The Labute approximate surface area is 101 Å². The van der Waals surface area contributed by atoms with E-state index in [2.05, 4.69) is 38.9 Å². The number of hydrogen-bond acceptors (Lipinski definition) is 2. The zero-order valence-electron chi connectivity index (χ0n) is 11.3. The predicted octanol–water partition coefficient (Wildman–Crippen LogP) is 2.99. The van der Waals surface area contributed by atoms with Crippen molar-refractivity contribution in [1.82, 2.24) is 4.90 Å². The Kier molecular flexibility index (Phi) is 9.25. The quantitative estimate of drug-likeness (QED) is 0.642. The van der Waals surface area contributed by atoms with Gasteiger partial charge in [0.1, 0.15) is 0 Å². The molecule has 2 nitrogen and oxygen atoms in total. The third kappa shape index (κ3) is 9.94. The van der Waals surface area contributed by atoms with E-state index in [0.29, 0.717) is 0 Å². The van der Waals surface area contributed by atoms with Gasteiger partial charge in [-0.05, 0) is 60.2 Å². The summed E-state index contributed by atoms with van der Waals surface area (Å²) in [5, 5.41) is 8.72. The minimum atomic E-state index is 0.164. The van der Waals surface area contributed by atoms with Gasteiger partial charge in [0.25, 0.3) is 0 Å². The van der Waals surface area contributed by atoms with Crippen LogP contribution in [0.1, 0.15) is 39.5 Å². The molecule has 0 fully saturated rings. The van der Waals surface area contributed by atoms with Crippen LogP contribution in [0.5, 0.6) is 0 Å². The van der Waals surface area contributed by atoms with Crippen LogP contribution in [0, 0.1) is 0 Å². The second-order valence-corrected chi connectivity index (χ2v) is 4.73. The summed E-state index contributed by atoms with van der Waals surface area (Å²) < 4.78 is 0. The molecule has 0 rings (SSSR count). The van der Waals surface area contributed by atoms with Crippen LogP contribution in [0.4, 0.5) is 0 Å². The van der Waals surface area contributed by atoms with Gasteiger partial charge < -0.3 is 10.0 Å². The average molecular weight is 225 g/mol. The van der Waals surface area contributed by atoms with Gasteiger partial charge in [0.15, 0.2) is 0 Å². The summed E-state index contributed by atoms with van der Waals surface area (Å²) in [6, 6.07) is 0. The Morgan fingerprint density at radius 2 is 1.69 bits per heavy atom. The maximum absolute atomic E-state index is 8.72. The number of allylic oxidation sites excluding steroid dienone is 3. The van der Waals surface area contributed by atoms with Crippen LogP contribution in [-0.2, 0) is 0 Å². The van der Waals surface area contributed by atoms with Crippen molar-refractivity contribution >= 4 is 0 Å². The molecule has 0 heterocycles. The molecule has 0 amide bonds. The van der Waals surface area contributed by atoms with Crippen LogP contribution in [0.25, 0.3) is 0 Å². The third-order valence-corrected chi connectivity index (χ3v) is 2.65. The van der Waals surface area contributed by atoms with E-state index in [1.165, 1.54) is 24.0 Å². The van der Waals surface area contributed by atoms with Crippen LogP contribution >= 0.6 is 0 Å². The van der Waals surface area contributed by atoms with Crippen molar-refractivity contribution in [3.8, 4) is 0 Å². The van der Waals surface area contributed by atoms with Crippen LogP contribution < -0.4 is 0 Å². The summed E-state index contributed by atoms with van der Waals surface area (Å²) in [6.45, 7) is 5.61. The lowest BCUT2D eigenvalue weighted by Crippen LogP contribution is -2.12. The number of hydrogen-bond donors (Lipinski definition) is 1. The first kappa shape index (κ1) is 15.4. The summed E-state index contributed by atoms with van der Waals surface area (Å²) in [6.07, 6.45) is 8.79. The highest BCUT2D eigenvalue weighted by atomic mass is 16.2. The molecule has 0 radical (unpaired) electrons. The molecule has 0 saturated carbocycles. The third-order valence-electron chi connectivity index (χ3n) is 2.65. The van der Waals surface area contributed by atoms with Crippen molar-refractivity contribution < 1.29 is 5.11 Å². The molecule has 0 bridgehead atoms. The summed E-state index contributed by atoms with van der Waals surface area (Å²) in [5.41, 5.74) is 2.76. The molecule has 0 aliphatic carbocycles. The molecule has 0 aliphatic heterocycles. The molecular formula is C14H27NO. The number of rotatable bonds is 8. The topological polar surface area (TPSA) is 23.5 Å². The molecule has 0 aromatic rings. The van der Waals surface area contributed by atoms with E-state index in [9.17, 15) is 0 Å². The first-order valence-corrected chi connectivity index (χ1v) is 6.13. The predicted molar refractivity (Wildman–Crippen MR) is 71.6 cm³/mol. The van der Waals surface area contributed by atoms with E-state index >= 15 is 0 Å². The second-order valence-electron chi connectivity index (χ2n) is 4.73. The van der Waals surface area contributed by atoms with E-state index in [1.54, 1.807) is 0 Å². The minimum absolute atomic E-state index is 0.164. The first-order chi connectivity index (χ1) is 7.56. The second kappa shape index (κ2) is 9.61. The number of aliphatic hydroxyl groups is 1. The summed E-state index contributed by atoms with van der Waals surface area (Å²) in [5.74, 6) is 0. The fourth-order valence-corrected chi connectivity index (χ4v) is 1.58. The molecule has 1 N–H and O–H groups in total. The van der Waals surface area contributed by atoms with Gasteiger partial charge in [-0.1, -0.05) is 23.3 Å². The zero-order valence-corrected chi connectivity index (χ0v) is 11.3. The van der Waals surface area contributed by atoms with Crippen LogP contribution in [0.2, 0.25) is 0 Å². The molecule has 0 aliphatic rings. The fraction of sp³-hybridized carbons (Fsp3) is 0.714. The van der Waals surface area contributed by atoms with Crippen molar-refractivity contribution in [1.29, 1.82) is 0 Å². The maximum atomic E-state index is 8.72. The van der Waals surface area contributed by atoms with E-state index in [1.807, 2.05) is 6.08 Å². The van der Waals surface area contributed by atoms with E-state index in [-0.39, 0.29) is 6.61 Å². The van der Waals surface area contributed by atoms with Crippen LogP contribution in [0.15, 0.2) is 23.3 Å². The van der Waals surface area contributed by atoms with Crippen molar-refractivity contribution in [2.75, 3.05) is 27.2 Å². The molecule has 16 heavy (non-hydrogen) atoms. The highest BCUT2D eigenvalue weighted by molar-refractivity contribution is 5.03. The smallest absolute Gasteiger partial charge is 0.0614 e. The Morgan fingerprint density at radius 3 is 2.25 bits per heavy atom. The van der Waals surface area contributed by atoms with Gasteiger partial charge in [-0.3, -0.25) is 0 Å². The fourth-order valence-electron chi connectivity index (χ4n) is 1.58. The molecule has 94 valence electrons. The van der Waals surface area contributed by atoms with Crippen LogP contribution in [-0.4, -0.2) is 37.3 Å². The van der Waals surface area contributed by atoms with Crippen molar-refractivity contribution in [3.05, 3.63) is 23.3 Å². The summed E-state index contributed by atoms with van der Waals surface area (Å²) in [7, 11) is 4.23. The molecular weight excluding hydrogens is 198 g/mol. The Balaban J connectivity index is 3.66. The van der Waals surface area contributed by atoms with E-state index < -0.39 is 0 Å². The minimum Gasteiger partial charge on any atom is -0.392 e.